The third-order valence-corrected chi connectivity index (χ3v) is 6.25. The molecule has 2 aromatic carbocycles. The largest absolute Gasteiger partial charge is 0.486 e. The van der Waals surface area contributed by atoms with Crippen LogP contribution in [0.25, 0.3) is 0 Å². The second-order valence-corrected chi connectivity index (χ2v) is 8.55. The first-order chi connectivity index (χ1) is 14.9. The van der Waals surface area contributed by atoms with Crippen molar-refractivity contribution in [3.8, 4) is 5.75 Å². The fourth-order valence-electron chi connectivity index (χ4n) is 4.75. The third kappa shape index (κ3) is 3.68. The highest BCUT2D eigenvalue weighted by atomic mass is 16.5. The fourth-order valence-corrected chi connectivity index (χ4v) is 4.75. The van der Waals surface area contributed by atoms with Gasteiger partial charge >= 0.3 is 0 Å². The summed E-state index contributed by atoms with van der Waals surface area (Å²) in [6.07, 6.45) is 0.832. The minimum Gasteiger partial charge on any atom is -0.486 e. The van der Waals surface area contributed by atoms with Gasteiger partial charge in [-0.2, -0.15) is 0 Å². The average molecular weight is 424 g/mol. The lowest BCUT2D eigenvalue weighted by Gasteiger charge is -2.37. The van der Waals surface area contributed by atoms with Gasteiger partial charge < -0.3 is 25.8 Å². The molecule has 2 atom stereocenters. The molecule has 0 aromatic heterocycles. The standard InChI is InChI=1S/C24H29N3O4/c1-23(2)24(22(25)29,17-6-4-3-5-7-17)19-14-16(8-9-20(19)31-23)21(28)27-11-10-18-15-26-12-13-30-18/h3-9,14,18,26H,10-13,15H2,1-2H3,(H2,25,29)(H,27,28). The van der Waals surface area contributed by atoms with Crippen molar-refractivity contribution < 1.29 is 19.1 Å². The minimum atomic E-state index is -1.21. The molecule has 4 N–H and O–H groups in total. The van der Waals surface area contributed by atoms with E-state index in [1.807, 2.05) is 44.2 Å². The minimum absolute atomic E-state index is 0.101. The Hall–Kier alpha value is -2.90. The molecular weight excluding hydrogens is 394 g/mol. The molecule has 0 saturated carbocycles. The summed E-state index contributed by atoms with van der Waals surface area (Å²) in [5.41, 5.74) is 5.70. The molecule has 7 nitrogen and oxygen atoms in total. The molecule has 0 bridgehead atoms. The van der Waals surface area contributed by atoms with Gasteiger partial charge in [0.25, 0.3) is 5.91 Å². The summed E-state index contributed by atoms with van der Waals surface area (Å²) in [7, 11) is 0. The van der Waals surface area contributed by atoms with Crippen LogP contribution in [-0.4, -0.2) is 49.8 Å². The molecule has 2 aromatic rings. The summed E-state index contributed by atoms with van der Waals surface area (Å²) >= 11 is 0. The second kappa shape index (κ2) is 8.32. The lowest BCUT2D eigenvalue weighted by atomic mass is 9.65. The summed E-state index contributed by atoms with van der Waals surface area (Å²) in [5, 5.41) is 6.23. The zero-order valence-electron chi connectivity index (χ0n) is 17.9. The third-order valence-electron chi connectivity index (χ3n) is 6.25. The predicted octanol–water partition coefficient (Wildman–Crippen LogP) is 1.74. The van der Waals surface area contributed by atoms with Crippen molar-refractivity contribution in [1.29, 1.82) is 0 Å². The zero-order valence-corrected chi connectivity index (χ0v) is 17.9. The molecule has 0 spiro atoms. The number of rotatable bonds is 6. The number of carbonyl (C=O) groups is 2. The Labute approximate surface area is 182 Å². The van der Waals surface area contributed by atoms with E-state index in [9.17, 15) is 9.59 Å². The number of benzene rings is 2. The molecule has 1 saturated heterocycles. The highest BCUT2D eigenvalue weighted by Gasteiger charge is 2.60. The van der Waals surface area contributed by atoms with Crippen LogP contribution in [0, 0.1) is 0 Å². The molecule has 2 aliphatic rings. The van der Waals surface area contributed by atoms with Gasteiger partial charge in [0.05, 0.1) is 12.7 Å². The van der Waals surface area contributed by atoms with E-state index < -0.39 is 16.9 Å². The second-order valence-electron chi connectivity index (χ2n) is 8.55. The molecule has 2 heterocycles. The Balaban J connectivity index is 1.62. The van der Waals surface area contributed by atoms with E-state index in [-0.39, 0.29) is 12.0 Å². The van der Waals surface area contributed by atoms with E-state index in [1.165, 1.54) is 0 Å². The Kier molecular flexibility index (Phi) is 5.73. The number of carbonyl (C=O) groups excluding carboxylic acids is 2. The van der Waals surface area contributed by atoms with Crippen molar-refractivity contribution in [3.63, 3.8) is 0 Å². The SMILES string of the molecule is CC1(C)Oc2ccc(C(=O)NCCC3CNCCO3)cc2C1(C(N)=O)c1ccccc1. The van der Waals surface area contributed by atoms with E-state index in [4.69, 9.17) is 15.2 Å². The van der Waals surface area contributed by atoms with Gasteiger partial charge in [0, 0.05) is 30.8 Å². The van der Waals surface area contributed by atoms with Crippen LogP contribution in [0.1, 0.15) is 41.8 Å². The number of hydrogen-bond acceptors (Lipinski definition) is 5. The molecule has 1 fully saturated rings. The van der Waals surface area contributed by atoms with Crippen LogP contribution in [0.15, 0.2) is 48.5 Å². The lowest BCUT2D eigenvalue weighted by molar-refractivity contribution is -0.126. The lowest BCUT2D eigenvalue weighted by Crippen LogP contribution is -2.56. The van der Waals surface area contributed by atoms with Crippen molar-refractivity contribution in [2.45, 2.75) is 37.4 Å². The maximum atomic E-state index is 13.0. The van der Waals surface area contributed by atoms with Crippen LogP contribution in [0.2, 0.25) is 0 Å². The molecule has 0 radical (unpaired) electrons. The van der Waals surface area contributed by atoms with Crippen LogP contribution >= 0.6 is 0 Å². The summed E-state index contributed by atoms with van der Waals surface area (Å²) in [5.74, 6) is -0.157. The first kappa shape index (κ1) is 21.3. The van der Waals surface area contributed by atoms with Crippen LogP contribution in [0.4, 0.5) is 0 Å². The molecule has 2 unspecified atom stereocenters. The molecule has 31 heavy (non-hydrogen) atoms. The van der Waals surface area contributed by atoms with Crippen molar-refractivity contribution in [1.82, 2.24) is 10.6 Å². The summed E-state index contributed by atoms with van der Waals surface area (Å²) in [6.45, 7) is 6.54. The van der Waals surface area contributed by atoms with Gasteiger partial charge in [-0.1, -0.05) is 30.3 Å². The van der Waals surface area contributed by atoms with Crippen LogP contribution in [-0.2, 0) is 14.9 Å². The molecule has 2 amide bonds. The van der Waals surface area contributed by atoms with Gasteiger partial charge in [0.15, 0.2) is 0 Å². The Morgan fingerprint density at radius 1 is 1.19 bits per heavy atom. The number of nitrogens with one attached hydrogen (secondary N) is 2. The van der Waals surface area contributed by atoms with Gasteiger partial charge in [-0.15, -0.1) is 0 Å². The highest BCUT2D eigenvalue weighted by Crippen LogP contribution is 2.53. The normalized spacial score (nSPS) is 24.1. The van der Waals surface area contributed by atoms with E-state index in [0.29, 0.717) is 30.0 Å². The number of primary amides is 1. The number of morpholine rings is 1. The number of nitrogens with two attached hydrogens (primary N) is 1. The van der Waals surface area contributed by atoms with Crippen molar-refractivity contribution in [2.75, 3.05) is 26.2 Å². The quantitative estimate of drug-likeness (QED) is 0.657. The maximum Gasteiger partial charge on any atom is 0.251 e. The van der Waals surface area contributed by atoms with Crippen molar-refractivity contribution in [2.24, 2.45) is 5.73 Å². The first-order valence-corrected chi connectivity index (χ1v) is 10.7. The Morgan fingerprint density at radius 2 is 1.97 bits per heavy atom. The molecule has 2 aliphatic heterocycles. The van der Waals surface area contributed by atoms with Crippen LogP contribution in [0.5, 0.6) is 5.75 Å². The molecule has 164 valence electrons. The number of ether oxygens (including phenoxy) is 2. The van der Waals surface area contributed by atoms with E-state index in [0.717, 1.165) is 25.1 Å². The maximum absolute atomic E-state index is 13.0. The fraction of sp³-hybridized carbons (Fsp3) is 0.417. The Bertz CT molecular complexity index is 970. The van der Waals surface area contributed by atoms with Gasteiger partial charge in [0.2, 0.25) is 5.91 Å². The van der Waals surface area contributed by atoms with Crippen molar-refractivity contribution >= 4 is 11.8 Å². The number of fused-ring (bicyclic) bond motifs is 1. The number of hydrogen-bond donors (Lipinski definition) is 3. The van der Waals surface area contributed by atoms with Crippen LogP contribution in [0.3, 0.4) is 0 Å². The zero-order chi connectivity index (χ0) is 22.1. The number of amides is 2. The van der Waals surface area contributed by atoms with Gasteiger partial charge in [-0.05, 0) is 44.0 Å². The van der Waals surface area contributed by atoms with E-state index in [1.54, 1.807) is 18.2 Å². The average Bonchev–Trinajstić information content (AvgIpc) is 3.01. The smallest absolute Gasteiger partial charge is 0.251 e. The molecule has 7 heteroatoms. The van der Waals surface area contributed by atoms with Gasteiger partial charge in [-0.25, -0.2) is 0 Å². The predicted molar refractivity (Wildman–Crippen MR) is 117 cm³/mol. The Morgan fingerprint density at radius 3 is 2.65 bits per heavy atom. The summed E-state index contributed by atoms with van der Waals surface area (Å²) < 4.78 is 11.8. The monoisotopic (exact) mass is 423 g/mol. The van der Waals surface area contributed by atoms with Crippen molar-refractivity contribution in [3.05, 3.63) is 65.2 Å². The molecular formula is C24H29N3O4. The van der Waals surface area contributed by atoms with E-state index in [2.05, 4.69) is 10.6 Å². The molecule has 4 rings (SSSR count). The molecule has 0 aliphatic carbocycles. The first-order valence-electron chi connectivity index (χ1n) is 10.7. The van der Waals surface area contributed by atoms with Gasteiger partial charge in [0.1, 0.15) is 16.8 Å². The van der Waals surface area contributed by atoms with Crippen LogP contribution < -0.4 is 21.1 Å². The summed E-state index contributed by atoms with van der Waals surface area (Å²) in [6, 6.07) is 14.6. The topological polar surface area (TPSA) is 103 Å². The van der Waals surface area contributed by atoms with Gasteiger partial charge in [-0.3, -0.25) is 9.59 Å². The highest BCUT2D eigenvalue weighted by molar-refractivity contribution is 5.98. The van der Waals surface area contributed by atoms with E-state index >= 15 is 0 Å². The summed E-state index contributed by atoms with van der Waals surface area (Å²) in [4.78, 5) is 25.8.